The Balaban J connectivity index is 0.00000261. The molecule has 1 aliphatic heterocycles. The van der Waals surface area contributed by atoms with Gasteiger partial charge in [0, 0.05) is 30.4 Å². The average Bonchev–Trinajstić information content (AvgIpc) is 3.44. The van der Waals surface area contributed by atoms with E-state index in [4.69, 9.17) is 0 Å². The second kappa shape index (κ2) is 9.75. The Morgan fingerprint density at radius 2 is 1.89 bits per heavy atom. The number of nitrogens with one attached hydrogen (secondary N) is 2. The molecule has 3 rings (SSSR count). The van der Waals surface area contributed by atoms with Crippen LogP contribution in [0.25, 0.3) is 0 Å². The maximum absolute atomic E-state index is 12.8. The normalized spacial score (nSPS) is 18.0. The number of carbonyl (C=O) groups excluding carboxylic acids is 1. The van der Waals surface area contributed by atoms with Crippen LogP contribution in [0, 0.1) is 5.92 Å². The molecule has 1 saturated carbocycles. The van der Waals surface area contributed by atoms with Crippen LogP contribution in [0.5, 0.6) is 0 Å². The van der Waals surface area contributed by atoms with Crippen molar-refractivity contribution in [1.29, 1.82) is 0 Å². The van der Waals surface area contributed by atoms with Crippen LogP contribution in [0.15, 0.2) is 24.3 Å². The number of hydrogen-bond acceptors (Lipinski definition) is 4. The minimum absolute atomic E-state index is 0. The van der Waals surface area contributed by atoms with Crippen molar-refractivity contribution in [3.8, 4) is 0 Å². The Kier molecular flexibility index (Phi) is 7.94. The lowest BCUT2D eigenvalue weighted by atomic mass is 10.0. The molecule has 27 heavy (non-hydrogen) atoms. The van der Waals surface area contributed by atoms with Crippen LogP contribution in [0.1, 0.15) is 49.4 Å². The SMILES string of the molecule is CCCS(=O)(=O)Nc1cccc(C(=O)N2CCC(NCC3CC3)CC2)c1.Cl. The summed E-state index contributed by atoms with van der Waals surface area (Å²) in [4.78, 5) is 14.6. The number of amides is 1. The van der Waals surface area contributed by atoms with E-state index in [2.05, 4.69) is 10.0 Å². The maximum Gasteiger partial charge on any atom is 0.253 e. The van der Waals surface area contributed by atoms with Crippen LogP contribution >= 0.6 is 12.4 Å². The molecule has 0 aromatic heterocycles. The number of anilines is 1. The first-order chi connectivity index (χ1) is 12.5. The summed E-state index contributed by atoms with van der Waals surface area (Å²) < 4.78 is 26.4. The molecule has 0 radical (unpaired) electrons. The summed E-state index contributed by atoms with van der Waals surface area (Å²) in [5.41, 5.74) is 0.983. The fourth-order valence-electron chi connectivity index (χ4n) is 3.34. The van der Waals surface area contributed by atoms with Gasteiger partial charge in [-0.25, -0.2) is 8.42 Å². The van der Waals surface area contributed by atoms with Gasteiger partial charge in [0.15, 0.2) is 0 Å². The van der Waals surface area contributed by atoms with Gasteiger partial charge in [0.1, 0.15) is 0 Å². The largest absolute Gasteiger partial charge is 0.339 e. The van der Waals surface area contributed by atoms with E-state index in [1.54, 1.807) is 24.3 Å². The second-order valence-electron chi connectivity index (χ2n) is 7.42. The lowest BCUT2D eigenvalue weighted by molar-refractivity contribution is 0.0705. The average molecular weight is 416 g/mol. The van der Waals surface area contributed by atoms with Crippen LogP contribution in [0.3, 0.4) is 0 Å². The summed E-state index contributed by atoms with van der Waals surface area (Å²) in [5.74, 6) is 0.920. The zero-order valence-corrected chi connectivity index (χ0v) is 17.4. The number of hydrogen-bond donors (Lipinski definition) is 2. The third-order valence-electron chi connectivity index (χ3n) is 5.03. The van der Waals surface area contributed by atoms with Crippen molar-refractivity contribution in [2.45, 2.75) is 45.1 Å². The first kappa shape index (κ1) is 22.0. The molecule has 0 atom stereocenters. The highest BCUT2D eigenvalue weighted by Gasteiger charge is 2.26. The molecule has 1 saturated heterocycles. The maximum atomic E-state index is 12.8. The van der Waals surface area contributed by atoms with Crippen molar-refractivity contribution in [2.24, 2.45) is 5.92 Å². The standard InChI is InChI=1S/C19H29N3O3S.ClH/c1-2-12-26(24,25)21-18-5-3-4-16(13-18)19(23)22-10-8-17(9-11-22)20-14-15-6-7-15;/h3-5,13,15,17,20-21H,2,6-12,14H2,1H3;1H. The summed E-state index contributed by atoms with van der Waals surface area (Å²) in [5, 5.41) is 3.61. The van der Waals surface area contributed by atoms with Gasteiger partial charge < -0.3 is 10.2 Å². The van der Waals surface area contributed by atoms with Crippen LogP contribution in [-0.4, -0.2) is 50.7 Å². The quantitative estimate of drug-likeness (QED) is 0.684. The van der Waals surface area contributed by atoms with Crippen LogP contribution < -0.4 is 10.0 Å². The summed E-state index contributed by atoms with van der Waals surface area (Å²) in [6.07, 6.45) is 5.20. The van der Waals surface area contributed by atoms with E-state index >= 15 is 0 Å². The summed E-state index contributed by atoms with van der Waals surface area (Å²) in [6.45, 7) is 4.42. The molecule has 2 aliphatic rings. The van der Waals surface area contributed by atoms with Crippen molar-refractivity contribution in [3.63, 3.8) is 0 Å². The molecule has 152 valence electrons. The number of halogens is 1. The number of sulfonamides is 1. The fourth-order valence-corrected chi connectivity index (χ4v) is 4.47. The molecule has 1 aliphatic carbocycles. The molecule has 1 amide bonds. The number of nitrogens with zero attached hydrogens (tertiary/aromatic N) is 1. The van der Waals surface area contributed by atoms with Gasteiger partial charge in [0.25, 0.3) is 5.91 Å². The fraction of sp³-hybridized carbons (Fsp3) is 0.632. The molecule has 0 spiro atoms. The highest BCUT2D eigenvalue weighted by atomic mass is 35.5. The molecule has 1 aromatic rings. The zero-order chi connectivity index (χ0) is 18.6. The highest BCUT2D eigenvalue weighted by Crippen LogP contribution is 2.28. The first-order valence-corrected chi connectivity index (χ1v) is 11.3. The van der Waals surface area contributed by atoms with Crippen LogP contribution in [0.4, 0.5) is 5.69 Å². The van der Waals surface area contributed by atoms with Gasteiger partial charge in [0.2, 0.25) is 10.0 Å². The number of likely N-dealkylation sites (tertiary alicyclic amines) is 1. The van der Waals surface area contributed by atoms with E-state index in [9.17, 15) is 13.2 Å². The molecule has 2 fully saturated rings. The number of benzene rings is 1. The predicted molar refractivity (Wildman–Crippen MR) is 111 cm³/mol. The third kappa shape index (κ3) is 6.66. The smallest absolute Gasteiger partial charge is 0.253 e. The van der Waals surface area contributed by atoms with Crippen molar-refractivity contribution < 1.29 is 13.2 Å². The van der Waals surface area contributed by atoms with Gasteiger partial charge in [-0.15, -0.1) is 12.4 Å². The monoisotopic (exact) mass is 415 g/mol. The summed E-state index contributed by atoms with van der Waals surface area (Å²) in [6, 6.07) is 7.29. The third-order valence-corrected chi connectivity index (χ3v) is 6.52. The van der Waals surface area contributed by atoms with Gasteiger partial charge in [0.05, 0.1) is 5.75 Å². The molecule has 1 aromatic carbocycles. The van der Waals surface area contributed by atoms with Gasteiger partial charge in [-0.2, -0.15) is 0 Å². The molecule has 0 unspecified atom stereocenters. The van der Waals surface area contributed by atoms with Gasteiger partial charge >= 0.3 is 0 Å². The molecular weight excluding hydrogens is 386 g/mol. The van der Waals surface area contributed by atoms with Crippen molar-refractivity contribution in [3.05, 3.63) is 29.8 Å². The number of rotatable bonds is 8. The highest BCUT2D eigenvalue weighted by molar-refractivity contribution is 7.92. The van der Waals surface area contributed by atoms with Crippen LogP contribution in [0.2, 0.25) is 0 Å². The van der Waals surface area contributed by atoms with Crippen molar-refractivity contribution in [1.82, 2.24) is 10.2 Å². The summed E-state index contributed by atoms with van der Waals surface area (Å²) in [7, 11) is -3.35. The van der Waals surface area contributed by atoms with Gasteiger partial charge in [-0.1, -0.05) is 13.0 Å². The Morgan fingerprint density at radius 1 is 1.19 bits per heavy atom. The minimum Gasteiger partial charge on any atom is -0.339 e. The van der Waals surface area contributed by atoms with E-state index < -0.39 is 10.0 Å². The van der Waals surface area contributed by atoms with E-state index in [0.717, 1.165) is 38.4 Å². The second-order valence-corrected chi connectivity index (χ2v) is 9.26. The molecule has 0 bridgehead atoms. The van der Waals surface area contributed by atoms with Gasteiger partial charge in [-0.05, 0) is 62.8 Å². The Labute approximate surface area is 168 Å². The minimum atomic E-state index is -3.35. The van der Waals surface area contributed by atoms with Crippen molar-refractivity contribution >= 4 is 34.0 Å². The molecule has 2 N–H and O–H groups in total. The lowest BCUT2D eigenvalue weighted by Gasteiger charge is -2.32. The van der Waals surface area contributed by atoms with Gasteiger partial charge in [-0.3, -0.25) is 9.52 Å². The first-order valence-electron chi connectivity index (χ1n) is 9.60. The van der Waals surface area contributed by atoms with E-state index in [1.165, 1.54) is 12.8 Å². The lowest BCUT2D eigenvalue weighted by Crippen LogP contribution is -2.45. The molecule has 8 heteroatoms. The summed E-state index contributed by atoms with van der Waals surface area (Å²) >= 11 is 0. The van der Waals surface area contributed by atoms with Crippen molar-refractivity contribution in [2.75, 3.05) is 30.1 Å². The molecule has 6 nitrogen and oxygen atoms in total. The molecule has 1 heterocycles. The zero-order valence-electron chi connectivity index (χ0n) is 15.8. The topological polar surface area (TPSA) is 78.5 Å². The number of carbonyl (C=O) groups is 1. The Hall–Kier alpha value is -1.31. The van der Waals surface area contributed by atoms with E-state index in [1.807, 2.05) is 11.8 Å². The molecular formula is C19H30ClN3O3S. The Morgan fingerprint density at radius 3 is 2.52 bits per heavy atom. The van der Waals surface area contributed by atoms with Crippen LogP contribution in [-0.2, 0) is 10.0 Å². The van der Waals surface area contributed by atoms with E-state index in [0.29, 0.717) is 23.7 Å². The predicted octanol–water partition coefficient (Wildman–Crippen LogP) is 2.86. The number of piperidine rings is 1. The van der Waals surface area contributed by atoms with E-state index in [-0.39, 0.29) is 24.1 Å². The Bertz CT molecular complexity index is 729.